The van der Waals surface area contributed by atoms with Crippen LogP contribution in [0.1, 0.15) is 34.5 Å². The molecule has 3 rings (SSSR count). The highest BCUT2D eigenvalue weighted by Gasteiger charge is 2.18. The van der Waals surface area contributed by atoms with Crippen molar-refractivity contribution in [3.8, 4) is 5.75 Å². The molecule has 0 aliphatic rings. The van der Waals surface area contributed by atoms with Crippen molar-refractivity contribution in [3.05, 3.63) is 95.8 Å². The van der Waals surface area contributed by atoms with Gasteiger partial charge in [0.1, 0.15) is 5.75 Å². The molecule has 0 saturated heterocycles. The molecule has 0 radical (unpaired) electrons. The van der Waals surface area contributed by atoms with Crippen LogP contribution in [0, 0.1) is 0 Å². The maximum absolute atomic E-state index is 12.8. The first-order valence-corrected chi connectivity index (χ1v) is 8.26. The summed E-state index contributed by atoms with van der Waals surface area (Å²) in [7, 11) is 0. The van der Waals surface area contributed by atoms with Crippen LogP contribution >= 0.6 is 0 Å². The van der Waals surface area contributed by atoms with Crippen molar-refractivity contribution in [1.82, 2.24) is 10.3 Å². The van der Waals surface area contributed by atoms with Gasteiger partial charge in [-0.3, -0.25) is 9.78 Å². The van der Waals surface area contributed by atoms with Gasteiger partial charge in [0.05, 0.1) is 12.6 Å². The Labute approximate surface area is 147 Å². The molecule has 1 heterocycles. The zero-order valence-corrected chi connectivity index (χ0v) is 14.1. The lowest BCUT2D eigenvalue weighted by Crippen LogP contribution is -2.29. The quantitative estimate of drug-likeness (QED) is 0.742. The Balaban J connectivity index is 1.88. The summed E-state index contributed by atoms with van der Waals surface area (Å²) in [5, 5.41) is 3.11. The number of amides is 1. The number of nitrogens with zero attached hydrogens (tertiary/aromatic N) is 1. The van der Waals surface area contributed by atoms with Crippen molar-refractivity contribution in [2.45, 2.75) is 13.0 Å². The van der Waals surface area contributed by atoms with Crippen LogP contribution in [0.5, 0.6) is 5.75 Å². The van der Waals surface area contributed by atoms with Crippen LogP contribution < -0.4 is 10.1 Å². The highest BCUT2D eigenvalue weighted by Crippen LogP contribution is 2.22. The van der Waals surface area contributed by atoms with Gasteiger partial charge >= 0.3 is 0 Å². The van der Waals surface area contributed by atoms with Gasteiger partial charge in [0, 0.05) is 18.0 Å². The van der Waals surface area contributed by atoms with Crippen LogP contribution in [0.15, 0.2) is 79.1 Å². The molecular weight excluding hydrogens is 312 g/mol. The summed E-state index contributed by atoms with van der Waals surface area (Å²) in [5.41, 5.74) is 2.57. The Morgan fingerprint density at radius 1 is 1.00 bits per heavy atom. The molecule has 126 valence electrons. The molecule has 1 unspecified atom stereocenters. The van der Waals surface area contributed by atoms with E-state index in [1.165, 1.54) is 0 Å². The fourth-order valence-electron chi connectivity index (χ4n) is 2.67. The minimum atomic E-state index is -0.243. The van der Waals surface area contributed by atoms with Crippen LogP contribution in [-0.4, -0.2) is 17.5 Å². The minimum Gasteiger partial charge on any atom is -0.494 e. The third-order valence-electron chi connectivity index (χ3n) is 3.86. The summed E-state index contributed by atoms with van der Waals surface area (Å²) in [6.07, 6.45) is 3.46. The lowest BCUT2D eigenvalue weighted by Gasteiger charge is -2.20. The number of nitrogens with one attached hydrogen (secondary N) is 1. The van der Waals surface area contributed by atoms with Crippen LogP contribution in [0.3, 0.4) is 0 Å². The molecule has 4 nitrogen and oxygen atoms in total. The topological polar surface area (TPSA) is 51.2 Å². The van der Waals surface area contributed by atoms with Crippen molar-refractivity contribution in [3.63, 3.8) is 0 Å². The smallest absolute Gasteiger partial charge is 0.252 e. The van der Waals surface area contributed by atoms with Gasteiger partial charge in [-0.1, -0.05) is 36.4 Å². The fourth-order valence-corrected chi connectivity index (χ4v) is 2.67. The Hall–Kier alpha value is -3.14. The van der Waals surface area contributed by atoms with Crippen LogP contribution in [0.4, 0.5) is 0 Å². The lowest BCUT2D eigenvalue weighted by atomic mass is 9.99. The highest BCUT2D eigenvalue weighted by molar-refractivity contribution is 5.95. The van der Waals surface area contributed by atoms with E-state index in [0.29, 0.717) is 17.9 Å². The molecule has 0 aliphatic heterocycles. The number of aromatic nitrogens is 1. The Morgan fingerprint density at radius 3 is 2.44 bits per heavy atom. The SMILES string of the molecule is CCOc1cccc(C(=O)NC(c2ccccc2)c2ccncc2)c1. The van der Waals surface area contributed by atoms with Crippen molar-refractivity contribution >= 4 is 5.91 Å². The van der Waals surface area contributed by atoms with Gasteiger partial charge in [0.2, 0.25) is 0 Å². The second kappa shape index (κ2) is 8.11. The van der Waals surface area contributed by atoms with Gasteiger partial charge in [-0.15, -0.1) is 0 Å². The highest BCUT2D eigenvalue weighted by atomic mass is 16.5. The molecule has 1 amide bonds. The summed E-state index contributed by atoms with van der Waals surface area (Å²) >= 11 is 0. The fraction of sp³-hybridized carbons (Fsp3) is 0.143. The maximum atomic E-state index is 12.8. The molecule has 0 aliphatic carbocycles. The van der Waals surface area contributed by atoms with E-state index in [1.54, 1.807) is 24.5 Å². The number of benzene rings is 2. The van der Waals surface area contributed by atoms with Gasteiger partial charge in [-0.2, -0.15) is 0 Å². The summed E-state index contributed by atoms with van der Waals surface area (Å²) < 4.78 is 5.48. The standard InChI is InChI=1S/C21H20N2O2/c1-2-25-19-10-6-9-18(15-19)21(24)23-20(16-7-4-3-5-8-16)17-11-13-22-14-12-17/h3-15,20H,2H2,1H3,(H,23,24). The van der Waals surface area contributed by atoms with E-state index in [9.17, 15) is 4.79 Å². The zero-order valence-electron chi connectivity index (χ0n) is 14.1. The van der Waals surface area contributed by atoms with E-state index in [2.05, 4.69) is 10.3 Å². The molecular formula is C21H20N2O2. The van der Waals surface area contributed by atoms with E-state index in [1.807, 2.05) is 61.5 Å². The number of hydrogen-bond acceptors (Lipinski definition) is 3. The number of carbonyl (C=O) groups excluding carboxylic acids is 1. The second-order valence-electron chi connectivity index (χ2n) is 5.56. The first-order valence-electron chi connectivity index (χ1n) is 8.26. The number of rotatable bonds is 6. The Bertz CT molecular complexity index is 780. The number of ether oxygens (including phenoxy) is 1. The molecule has 1 atom stereocenters. The number of carbonyl (C=O) groups is 1. The van der Waals surface area contributed by atoms with Gasteiger partial charge in [-0.05, 0) is 48.4 Å². The maximum Gasteiger partial charge on any atom is 0.252 e. The molecule has 25 heavy (non-hydrogen) atoms. The van der Waals surface area contributed by atoms with Gasteiger partial charge in [0.15, 0.2) is 0 Å². The van der Waals surface area contributed by atoms with Gasteiger partial charge < -0.3 is 10.1 Å². The van der Waals surface area contributed by atoms with Crippen molar-refractivity contribution < 1.29 is 9.53 Å². The predicted molar refractivity (Wildman–Crippen MR) is 97.6 cm³/mol. The second-order valence-corrected chi connectivity index (χ2v) is 5.56. The van der Waals surface area contributed by atoms with Crippen molar-refractivity contribution in [1.29, 1.82) is 0 Å². The minimum absolute atomic E-state index is 0.146. The van der Waals surface area contributed by atoms with E-state index >= 15 is 0 Å². The lowest BCUT2D eigenvalue weighted by molar-refractivity contribution is 0.0942. The molecule has 1 aromatic heterocycles. The third kappa shape index (κ3) is 4.23. The molecule has 1 N–H and O–H groups in total. The van der Waals surface area contributed by atoms with Crippen molar-refractivity contribution in [2.75, 3.05) is 6.61 Å². The summed E-state index contributed by atoms with van der Waals surface area (Å²) in [6.45, 7) is 2.48. The van der Waals surface area contributed by atoms with Crippen LogP contribution in [0.2, 0.25) is 0 Å². The zero-order chi connectivity index (χ0) is 17.5. The summed E-state index contributed by atoms with van der Waals surface area (Å²) in [6, 6.07) is 20.7. The summed E-state index contributed by atoms with van der Waals surface area (Å²) in [5.74, 6) is 0.544. The van der Waals surface area contributed by atoms with Gasteiger partial charge in [0.25, 0.3) is 5.91 Å². The monoisotopic (exact) mass is 332 g/mol. The van der Waals surface area contributed by atoms with Crippen molar-refractivity contribution in [2.24, 2.45) is 0 Å². The average Bonchev–Trinajstić information content (AvgIpc) is 2.68. The largest absolute Gasteiger partial charge is 0.494 e. The first-order chi connectivity index (χ1) is 12.3. The Kier molecular flexibility index (Phi) is 5.42. The van der Waals surface area contributed by atoms with E-state index < -0.39 is 0 Å². The van der Waals surface area contributed by atoms with E-state index in [-0.39, 0.29) is 11.9 Å². The predicted octanol–water partition coefficient (Wildman–Crippen LogP) is 4.00. The molecule has 0 spiro atoms. The molecule has 2 aromatic carbocycles. The Morgan fingerprint density at radius 2 is 1.72 bits per heavy atom. The van der Waals surface area contributed by atoms with Crippen LogP contribution in [0.25, 0.3) is 0 Å². The molecule has 3 aromatic rings. The first kappa shape index (κ1) is 16.7. The third-order valence-corrected chi connectivity index (χ3v) is 3.86. The number of pyridine rings is 1. The van der Waals surface area contributed by atoms with E-state index in [4.69, 9.17) is 4.74 Å². The molecule has 0 bridgehead atoms. The number of hydrogen-bond donors (Lipinski definition) is 1. The molecule has 4 heteroatoms. The molecule has 0 fully saturated rings. The molecule has 0 saturated carbocycles. The normalized spacial score (nSPS) is 11.6. The summed E-state index contributed by atoms with van der Waals surface area (Å²) in [4.78, 5) is 16.8. The average molecular weight is 332 g/mol. The van der Waals surface area contributed by atoms with Crippen LogP contribution in [-0.2, 0) is 0 Å². The van der Waals surface area contributed by atoms with Gasteiger partial charge in [-0.25, -0.2) is 0 Å². The van der Waals surface area contributed by atoms with E-state index in [0.717, 1.165) is 11.1 Å².